The summed E-state index contributed by atoms with van der Waals surface area (Å²) in [5.41, 5.74) is 6.91. The maximum atomic E-state index is 12.8. The van der Waals surface area contributed by atoms with Crippen LogP contribution in [0.4, 0.5) is 4.39 Å². The van der Waals surface area contributed by atoms with Crippen LogP contribution in [-0.2, 0) is 0 Å². The van der Waals surface area contributed by atoms with Gasteiger partial charge in [-0.1, -0.05) is 6.58 Å². The molecule has 0 aliphatic heterocycles. The Morgan fingerprint density at radius 1 is 1.62 bits per heavy atom. The molecular weight excluding hydrogens is 169 g/mol. The third kappa shape index (κ3) is 2.06. The number of hydrogen-bond acceptors (Lipinski definition) is 2. The van der Waals surface area contributed by atoms with E-state index in [0.29, 0.717) is 12.3 Å². The standard InChI is InChI=1S/C10H12FNO/c1-7(6-12)9-4-3-8(11)5-10(9)13-2/h3-5H,1,6,12H2,2H3. The minimum absolute atomic E-state index is 0.328. The first-order chi connectivity index (χ1) is 6.19. The van der Waals surface area contributed by atoms with E-state index in [1.165, 1.54) is 19.2 Å². The molecule has 2 N–H and O–H groups in total. The molecule has 0 fully saturated rings. The zero-order valence-corrected chi connectivity index (χ0v) is 7.51. The summed E-state index contributed by atoms with van der Waals surface area (Å²) in [6, 6.07) is 4.29. The largest absolute Gasteiger partial charge is 0.496 e. The highest BCUT2D eigenvalue weighted by molar-refractivity contribution is 5.69. The van der Waals surface area contributed by atoms with E-state index in [2.05, 4.69) is 6.58 Å². The molecule has 1 aromatic rings. The molecule has 0 aliphatic carbocycles. The predicted molar refractivity (Wildman–Crippen MR) is 51.0 cm³/mol. The summed E-state index contributed by atoms with van der Waals surface area (Å²) in [6.45, 7) is 4.09. The van der Waals surface area contributed by atoms with Gasteiger partial charge in [0.15, 0.2) is 0 Å². The Labute approximate surface area is 76.8 Å². The lowest BCUT2D eigenvalue weighted by atomic mass is 10.1. The Morgan fingerprint density at radius 2 is 2.31 bits per heavy atom. The zero-order chi connectivity index (χ0) is 9.84. The maximum Gasteiger partial charge on any atom is 0.129 e. The van der Waals surface area contributed by atoms with E-state index in [0.717, 1.165) is 11.1 Å². The van der Waals surface area contributed by atoms with E-state index in [4.69, 9.17) is 10.5 Å². The Balaban J connectivity index is 3.13. The molecular formula is C10H12FNO. The Bertz CT molecular complexity index is 323. The van der Waals surface area contributed by atoms with Crippen LogP contribution in [0.1, 0.15) is 5.56 Å². The van der Waals surface area contributed by atoms with Crippen LogP contribution in [0.25, 0.3) is 5.57 Å². The maximum absolute atomic E-state index is 12.8. The van der Waals surface area contributed by atoms with Crippen LogP contribution in [-0.4, -0.2) is 13.7 Å². The molecule has 1 aromatic carbocycles. The number of nitrogens with two attached hydrogens (primary N) is 1. The van der Waals surface area contributed by atoms with Gasteiger partial charge in [0.1, 0.15) is 11.6 Å². The van der Waals surface area contributed by atoms with E-state index in [9.17, 15) is 4.39 Å². The first kappa shape index (κ1) is 9.74. The molecule has 0 saturated carbocycles. The molecule has 0 spiro atoms. The topological polar surface area (TPSA) is 35.2 Å². The molecule has 3 heteroatoms. The number of rotatable bonds is 3. The van der Waals surface area contributed by atoms with Gasteiger partial charge in [-0.25, -0.2) is 4.39 Å². The van der Waals surface area contributed by atoms with E-state index in [-0.39, 0.29) is 5.82 Å². The van der Waals surface area contributed by atoms with Crippen molar-refractivity contribution in [3.63, 3.8) is 0 Å². The summed E-state index contributed by atoms with van der Waals surface area (Å²) in [6.07, 6.45) is 0. The molecule has 0 bridgehead atoms. The molecule has 1 rings (SSSR count). The van der Waals surface area contributed by atoms with Crippen LogP contribution >= 0.6 is 0 Å². The fourth-order valence-electron chi connectivity index (χ4n) is 1.07. The van der Waals surface area contributed by atoms with E-state index >= 15 is 0 Å². The van der Waals surface area contributed by atoms with Crippen molar-refractivity contribution in [3.05, 3.63) is 36.2 Å². The molecule has 70 valence electrons. The molecule has 13 heavy (non-hydrogen) atoms. The van der Waals surface area contributed by atoms with Crippen LogP contribution in [0, 0.1) is 5.82 Å². The molecule has 0 saturated heterocycles. The van der Waals surface area contributed by atoms with Crippen molar-refractivity contribution in [3.8, 4) is 5.75 Å². The van der Waals surface area contributed by atoms with E-state index < -0.39 is 0 Å². The zero-order valence-electron chi connectivity index (χ0n) is 7.51. The fourth-order valence-corrected chi connectivity index (χ4v) is 1.07. The monoisotopic (exact) mass is 181 g/mol. The lowest BCUT2D eigenvalue weighted by Crippen LogP contribution is -2.02. The smallest absolute Gasteiger partial charge is 0.129 e. The van der Waals surface area contributed by atoms with Gasteiger partial charge in [-0.3, -0.25) is 0 Å². The first-order valence-corrected chi connectivity index (χ1v) is 3.90. The number of hydrogen-bond donors (Lipinski definition) is 1. The van der Waals surface area contributed by atoms with Crippen molar-refractivity contribution < 1.29 is 9.13 Å². The van der Waals surface area contributed by atoms with Crippen LogP contribution in [0.2, 0.25) is 0 Å². The minimum Gasteiger partial charge on any atom is -0.496 e. The summed E-state index contributed by atoms with van der Waals surface area (Å²) < 4.78 is 17.8. The number of ether oxygens (including phenoxy) is 1. The molecule has 0 aliphatic rings. The molecule has 0 radical (unpaired) electrons. The normalized spacial score (nSPS) is 9.77. The van der Waals surface area contributed by atoms with Gasteiger partial charge in [0.2, 0.25) is 0 Å². The van der Waals surface area contributed by atoms with Crippen molar-refractivity contribution in [1.29, 1.82) is 0 Å². The van der Waals surface area contributed by atoms with Gasteiger partial charge in [-0.05, 0) is 17.7 Å². The Hall–Kier alpha value is -1.35. The Morgan fingerprint density at radius 3 is 2.85 bits per heavy atom. The predicted octanol–water partition coefficient (Wildman–Crippen LogP) is 1.81. The van der Waals surface area contributed by atoms with Gasteiger partial charge < -0.3 is 10.5 Å². The molecule has 0 unspecified atom stereocenters. The highest BCUT2D eigenvalue weighted by Crippen LogP contribution is 2.24. The van der Waals surface area contributed by atoms with Crippen LogP contribution in [0.3, 0.4) is 0 Å². The van der Waals surface area contributed by atoms with Gasteiger partial charge in [0, 0.05) is 18.2 Å². The number of halogens is 1. The average molecular weight is 181 g/mol. The molecule has 2 nitrogen and oxygen atoms in total. The number of methoxy groups -OCH3 is 1. The quantitative estimate of drug-likeness (QED) is 0.771. The minimum atomic E-state index is -0.328. The van der Waals surface area contributed by atoms with E-state index in [1.807, 2.05) is 0 Å². The summed E-state index contributed by atoms with van der Waals surface area (Å²) in [5.74, 6) is 0.140. The average Bonchev–Trinajstić information content (AvgIpc) is 2.16. The lowest BCUT2D eigenvalue weighted by molar-refractivity contribution is 0.410. The summed E-state index contributed by atoms with van der Waals surface area (Å²) in [7, 11) is 1.49. The summed E-state index contributed by atoms with van der Waals surface area (Å²) in [4.78, 5) is 0. The second kappa shape index (κ2) is 4.05. The van der Waals surface area contributed by atoms with Crippen LogP contribution in [0.5, 0.6) is 5.75 Å². The molecule has 0 heterocycles. The number of benzene rings is 1. The van der Waals surface area contributed by atoms with Crippen LogP contribution < -0.4 is 10.5 Å². The second-order valence-corrected chi connectivity index (χ2v) is 2.65. The van der Waals surface area contributed by atoms with Crippen molar-refractivity contribution >= 4 is 5.57 Å². The second-order valence-electron chi connectivity index (χ2n) is 2.65. The van der Waals surface area contributed by atoms with Gasteiger partial charge in [-0.2, -0.15) is 0 Å². The Kier molecular flexibility index (Phi) is 3.03. The van der Waals surface area contributed by atoms with Crippen molar-refractivity contribution in [2.75, 3.05) is 13.7 Å². The SMILES string of the molecule is C=C(CN)c1ccc(F)cc1OC. The lowest BCUT2D eigenvalue weighted by Gasteiger charge is -2.08. The molecule has 0 atom stereocenters. The van der Waals surface area contributed by atoms with Crippen molar-refractivity contribution in [1.82, 2.24) is 0 Å². The van der Waals surface area contributed by atoms with E-state index in [1.54, 1.807) is 6.07 Å². The highest BCUT2D eigenvalue weighted by Gasteiger charge is 2.06. The first-order valence-electron chi connectivity index (χ1n) is 3.90. The van der Waals surface area contributed by atoms with Gasteiger partial charge in [0.25, 0.3) is 0 Å². The third-order valence-corrected chi connectivity index (χ3v) is 1.79. The van der Waals surface area contributed by atoms with Crippen molar-refractivity contribution in [2.24, 2.45) is 5.73 Å². The van der Waals surface area contributed by atoms with Gasteiger partial charge in [-0.15, -0.1) is 0 Å². The van der Waals surface area contributed by atoms with Gasteiger partial charge >= 0.3 is 0 Å². The highest BCUT2D eigenvalue weighted by atomic mass is 19.1. The fraction of sp³-hybridized carbons (Fsp3) is 0.200. The summed E-state index contributed by atoms with van der Waals surface area (Å²) >= 11 is 0. The third-order valence-electron chi connectivity index (χ3n) is 1.79. The molecule has 0 aromatic heterocycles. The van der Waals surface area contributed by atoms with Crippen LogP contribution in [0.15, 0.2) is 24.8 Å². The van der Waals surface area contributed by atoms with Crippen molar-refractivity contribution in [2.45, 2.75) is 0 Å². The summed E-state index contributed by atoms with van der Waals surface area (Å²) in [5, 5.41) is 0. The van der Waals surface area contributed by atoms with Gasteiger partial charge in [0.05, 0.1) is 7.11 Å². The molecule has 0 amide bonds.